The zero-order chi connectivity index (χ0) is 25.9. The zero-order valence-corrected chi connectivity index (χ0v) is 19.9. The fourth-order valence-corrected chi connectivity index (χ4v) is 4.79. The predicted molar refractivity (Wildman–Crippen MR) is 128 cm³/mol. The number of rotatable bonds is 8. The van der Waals surface area contributed by atoms with Gasteiger partial charge in [-0.3, -0.25) is 0 Å². The van der Waals surface area contributed by atoms with Gasteiger partial charge in [0.1, 0.15) is 11.3 Å². The number of nitrogens with one attached hydrogen (secondary N) is 1. The molecule has 0 bridgehead atoms. The van der Waals surface area contributed by atoms with Crippen molar-refractivity contribution in [3.63, 3.8) is 0 Å². The lowest BCUT2D eigenvalue weighted by atomic mass is 10.0. The number of ether oxygens (including phenoxy) is 1. The summed E-state index contributed by atoms with van der Waals surface area (Å²) in [7, 11) is -3.81. The number of para-hydroxylation sites is 1. The lowest BCUT2D eigenvalue weighted by Crippen LogP contribution is -2.23. The lowest BCUT2D eigenvalue weighted by Gasteiger charge is -2.12. The van der Waals surface area contributed by atoms with Crippen molar-refractivity contribution in [2.24, 2.45) is 0 Å². The molecule has 0 aliphatic rings. The Bertz CT molecular complexity index is 1540. The van der Waals surface area contributed by atoms with Crippen molar-refractivity contribution in [2.75, 3.05) is 6.61 Å². The van der Waals surface area contributed by atoms with Gasteiger partial charge in [0.2, 0.25) is 10.0 Å². The first-order chi connectivity index (χ1) is 17.1. The molecular weight excluding hydrogens is 495 g/mol. The highest BCUT2D eigenvalue weighted by Gasteiger charge is 2.33. The molecule has 0 radical (unpaired) electrons. The highest BCUT2D eigenvalue weighted by Crippen LogP contribution is 2.34. The highest BCUT2D eigenvalue weighted by molar-refractivity contribution is 7.89. The second kappa shape index (κ2) is 10.2. The number of sulfonamides is 1. The van der Waals surface area contributed by atoms with Crippen molar-refractivity contribution in [3.05, 3.63) is 105 Å². The average Bonchev–Trinajstić information content (AvgIpc) is 2.83. The van der Waals surface area contributed by atoms with Gasteiger partial charge in [-0.1, -0.05) is 36.4 Å². The van der Waals surface area contributed by atoms with E-state index in [4.69, 9.17) is 9.15 Å². The van der Waals surface area contributed by atoms with Crippen LogP contribution in [0, 0.1) is 0 Å². The molecule has 0 saturated heterocycles. The van der Waals surface area contributed by atoms with Gasteiger partial charge in [0.25, 0.3) is 0 Å². The van der Waals surface area contributed by atoms with E-state index in [1.165, 1.54) is 24.3 Å². The molecule has 0 spiro atoms. The Morgan fingerprint density at radius 1 is 0.944 bits per heavy atom. The van der Waals surface area contributed by atoms with Gasteiger partial charge < -0.3 is 9.15 Å². The maximum absolute atomic E-state index is 13.4. The van der Waals surface area contributed by atoms with E-state index < -0.39 is 27.4 Å². The van der Waals surface area contributed by atoms with Crippen LogP contribution in [-0.4, -0.2) is 15.0 Å². The van der Waals surface area contributed by atoms with E-state index in [2.05, 4.69) is 4.72 Å². The van der Waals surface area contributed by atoms with Gasteiger partial charge in [0.15, 0.2) is 0 Å². The quantitative estimate of drug-likeness (QED) is 0.322. The maximum Gasteiger partial charge on any atom is 0.417 e. The first-order valence-corrected chi connectivity index (χ1v) is 12.5. The van der Waals surface area contributed by atoms with Crippen LogP contribution in [0.4, 0.5) is 13.2 Å². The van der Waals surface area contributed by atoms with Crippen LogP contribution in [0.15, 0.2) is 86.9 Å². The minimum Gasteiger partial charge on any atom is -0.494 e. The largest absolute Gasteiger partial charge is 0.494 e. The lowest BCUT2D eigenvalue weighted by molar-refractivity contribution is -0.136. The monoisotopic (exact) mass is 517 g/mol. The molecule has 1 aromatic heterocycles. The van der Waals surface area contributed by atoms with Crippen molar-refractivity contribution in [3.8, 4) is 5.75 Å². The number of fused-ring (bicyclic) bond motifs is 1. The van der Waals surface area contributed by atoms with Crippen LogP contribution in [0.1, 0.15) is 29.2 Å². The van der Waals surface area contributed by atoms with E-state index in [0.29, 0.717) is 35.1 Å². The third-order valence-electron chi connectivity index (χ3n) is 5.48. The summed E-state index contributed by atoms with van der Waals surface area (Å²) < 4.78 is 78.7. The number of hydrogen-bond acceptors (Lipinski definition) is 5. The van der Waals surface area contributed by atoms with Crippen LogP contribution >= 0.6 is 0 Å². The maximum atomic E-state index is 13.4. The molecule has 0 fully saturated rings. The zero-order valence-electron chi connectivity index (χ0n) is 19.1. The molecular formula is C26H22F3NO5S. The van der Waals surface area contributed by atoms with Gasteiger partial charge >= 0.3 is 11.8 Å². The summed E-state index contributed by atoms with van der Waals surface area (Å²) in [6.07, 6.45) is -4.46. The van der Waals surface area contributed by atoms with Crippen molar-refractivity contribution in [2.45, 2.75) is 31.0 Å². The van der Waals surface area contributed by atoms with E-state index in [1.54, 1.807) is 42.5 Å². The summed E-state index contributed by atoms with van der Waals surface area (Å²) in [6.45, 7) is 2.34. The SMILES string of the molecule is CCOc1ccccc1CNS(=O)(=O)c1ccc(Cc2ccc3oc(=O)cc(C(F)(F)F)c3c2)cc1. The molecule has 6 nitrogen and oxygen atoms in total. The Hall–Kier alpha value is -3.63. The van der Waals surface area contributed by atoms with Crippen molar-refractivity contribution in [1.82, 2.24) is 4.72 Å². The molecule has 1 heterocycles. The van der Waals surface area contributed by atoms with Crippen LogP contribution in [-0.2, 0) is 29.2 Å². The summed E-state index contributed by atoms with van der Waals surface area (Å²) in [4.78, 5) is 11.5. The van der Waals surface area contributed by atoms with Crippen molar-refractivity contribution < 1.29 is 30.7 Å². The molecule has 3 aromatic carbocycles. The van der Waals surface area contributed by atoms with Gasteiger partial charge in [-0.15, -0.1) is 0 Å². The minimum absolute atomic E-state index is 0.0506. The van der Waals surface area contributed by atoms with Crippen LogP contribution in [0.5, 0.6) is 5.75 Å². The molecule has 188 valence electrons. The van der Waals surface area contributed by atoms with Gasteiger partial charge in [0, 0.05) is 23.6 Å². The Morgan fingerprint density at radius 2 is 1.64 bits per heavy atom. The molecule has 36 heavy (non-hydrogen) atoms. The van der Waals surface area contributed by atoms with E-state index in [1.807, 2.05) is 6.92 Å². The fraction of sp³-hybridized carbons (Fsp3) is 0.192. The topological polar surface area (TPSA) is 85.6 Å². The first kappa shape index (κ1) is 25.5. The average molecular weight is 518 g/mol. The molecule has 0 unspecified atom stereocenters. The normalized spacial score (nSPS) is 12.1. The number of hydrogen-bond donors (Lipinski definition) is 1. The molecule has 1 N–H and O–H groups in total. The number of halogens is 3. The molecule has 0 aliphatic heterocycles. The van der Waals surface area contributed by atoms with Crippen LogP contribution in [0.2, 0.25) is 0 Å². The van der Waals surface area contributed by atoms with Crippen molar-refractivity contribution in [1.29, 1.82) is 0 Å². The summed E-state index contributed by atoms with van der Waals surface area (Å²) in [5.41, 5.74) is -0.352. The predicted octanol–water partition coefficient (Wildman–Crippen LogP) is 5.28. The second-order valence-corrected chi connectivity index (χ2v) is 9.76. The van der Waals surface area contributed by atoms with Gasteiger partial charge in [-0.25, -0.2) is 17.9 Å². The Kier molecular flexibility index (Phi) is 7.18. The molecule has 0 amide bonds. The van der Waals surface area contributed by atoms with E-state index in [0.717, 1.165) is 0 Å². The standard InChI is InChI=1S/C26H22F3NO5S/c1-2-34-23-6-4-3-5-19(23)16-30-36(32,33)20-10-7-17(8-11-20)13-18-9-12-24-21(14-18)22(26(27,28)29)15-25(31)35-24/h3-12,14-15,30H,2,13,16H2,1H3. The number of alkyl halides is 3. The molecule has 0 atom stereocenters. The first-order valence-electron chi connectivity index (χ1n) is 11.0. The van der Waals surface area contributed by atoms with Gasteiger partial charge in [0.05, 0.1) is 17.1 Å². The Labute approximate surface area is 205 Å². The van der Waals surface area contributed by atoms with E-state index in [9.17, 15) is 26.4 Å². The third-order valence-corrected chi connectivity index (χ3v) is 6.90. The fourth-order valence-electron chi connectivity index (χ4n) is 3.78. The van der Waals surface area contributed by atoms with Crippen molar-refractivity contribution >= 4 is 21.0 Å². The molecule has 0 saturated carbocycles. The van der Waals surface area contributed by atoms with Crippen LogP contribution in [0.3, 0.4) is 0 Å². The van der Waals surface area contributed by atoms with Gasteiger partial charge in [-0.2, -0.15) is 13.2 Å². The summed E-state index contributed by atoms with van der Waals surface area (Å²) in [5.74, 6) is 0.599. The third kappa shape index (κ3) is 5.77. The Morgan fingerprint density at radius 3 is 2.33 bits per heavy atom. The van der Waals surface area contributed by atoms with Crippen LogP contribution < -0.4 is 15.1 Å². The molecule has 4 aromatic rings. The minimum atomic E-state index is -4.71. The summed E-state index contributed by atoms with van der Waals surface area (Å²) in [6, 6.07) is 17.9. The highest BCUT2D eigenvalue weighted by atomic mass is 32.2. The number of benzene rings is 3. The van der Waals surface area contributed by atoms with Gasteiger partial charge in [-0.05, 0) is 54.8 Å². The molecule has 10 heteroatoms. The summed E-state index contributed by atoms with van der Waals surface area (Å²) in [5, 5.41) is -0.213. The molecule has 4 rings (SSSR count). The van der Waals surface area contributed by atoms with E-state index >= 15 is 0 Å². The Balaban J connectivity index is 1.52. The van der Waals surface area contributed by atoms with E-state index in [-0.39, 0.29) is 28.8 Å². The summed E-state index contributed by atoms with van der Waals surface area (Å²) >= 11 is 0. The molecule has 0 aliphatic carbocycles. The second-order valence-electron chi connectivity index (χ2n) is 7.99. The smallest absolute Gasteiger partial charge is 0.417 e. The van der Waals surface area contributed by atoms with Crippen LogP contribution in [0.25, 0.3) is 11.0 Å².